The van der Waals surface area contributed by atoms with Crippen molar-refractivity contribution in [3.05, 3.63) is 24.1 Å². The van der Waals surface area contributed by atoms with Crippen molar-refractivity contribution in [2.75, 3.05) is 20.1 Å². The summed E-state index contributed by atoms with van der Waals surface area (Å²) in [5.74, 6) is -0.619. The molecule has 2 atom stereocenters. The summed E-state index contributed by atoms with van der Waals surface area (Å²) in [5.41, 5.74) is 0. The van der Waals surface area contributed by atoms with Crippen molar-refractivity contribution in [3.63, 3.8) is 0 Å². The van der Waals surface area contributed by atoms with Gasteiger partial charge in [-0.05, 0) is 31.5 Å². The van der Waals surface area contributed by atoms with Crippen molar-refractivity contribution in [2.24, 2.45) is 5.92 Å². The van der Waals surface area contributed by atoms with E-state index in [1.54, 1.807) is 0 Å². The van der Waals surface area contributed by atoms with E-state index in [0.717, 1.165) is 6.07 Å². The number of sulfonamides is 1. The zero-order valence-corrected chi connectivity index (χ0v) is 11.8. The molecule has 0 spiro atoms. The normalized spacial score (nSPS) is 25.4. The van der Waals surface area contributed by atoms with E-state index in [-0.39, 0.29) is 5.92 Å². The van der Waals surface area contributed by atoms with E-state index < -0.39 is 20.9 Å². The van der Waals surface area contributed by atoms with E-state index in [1.165, 1.54) is 16.6 Å². The third-order valence-corrected chi connectivity index (χ3v) is 5.35. The highest BCUT2D eigenvalue weighted by molar-refractivity contribution is 7.89. The quantitative estimate of drug-likeness (QED) is 0.895. The first kappa shape index (κ1) is 14.4. The van der Waals surface area contributed by atoms with Crippen LogP contribution in [0.2, 0.25) is 0 Å². The average molecular weight is 287 g/mol. The van der Waals surface area contributed by atoms with Crippen LogP contribution in [-0.2, 0) is 10.0 Å². The number of nitrogens with zero attached hydrogens (tertiary/aromatic N) is 2. The van der Waals surface area contributed by atoms with Crippen LogP contribution in [0.1, 0.15) is 13.3 Å². The minimum atomic E-state index is -3.84. The van der Waals surface area contributed by atoms with Crippen LogP contribution in [0.5, 0.6) is 0 Å². The Kier molecular flexibility index (Phi) is 4.17. The van der Waals surface area contributed by atoms with E-state index in [2.05, 4.69) is 10.3 Å². The Balaban J connectivity index is 2.25. The summed E-state index contributed by atoms with van der Waals surface area (Å²) >= 11 is 0. The van der Waals surface area contributed by atoms with Crippen LogP contribution in [0.25, 0.3) is 0 Å². The van der Waals surface area contributed by atoms with Crippen LogP contribution in [-0.4, -0.2) is 43.9 Å². The van der Waals surface area contributed by atoms with Crippen LogP contribution in [0.15, 0.2) is 23.4 Å². The molecule has 106 valence electrons. The molecule has 0 radical (unpaired) electrons. The highest BCUT2D eigenvalue weighted by Gasteiger charge is 2.34. The van der Waals surface area contributed by atoms with E-state index in [0.29, 0.717) is 25.6 Å². The number of aromatic nitrogens is 1. The third-order valence-electron chi connectivity index (χ3n) is 3.55. The standard InChI is InChI=1S/C12H18FN3O2S/c1-9-8-16(7-5-11(9)14-2)19(17,18)12-10(13)4-3-6-15-12/h3-4,6,9,11,14H,5,7-8H2,1-2H3. The summed E-state index contributed by atoms with van der Waals surface area (Å²) in [7, 11) is -1.97. The molecule has 2 unspecified atom stereocenters. The zero-order chi connectivity index (χ0) is 14.0. The molecule has 1 fully saturated rings. The van der Waals surface area contributed by atoms with Gasteiger partial charge in [0.25, 0.3) is 10.0 Å². The second-order valence-electron chi connectivity index (χ2n) is 4.81. The monoisotopic (exact) mass is 287 g/mol. The molecule has 0 bridgehead atoms. The molecule has 1 saturated heterocycles. The van der Waals surface area contributed by atoms with Crippen molar-refractivity contribution in [3.8, 4) is 0 Å². The minimum absolute atomic E-state index is 0.181. The summed E-state index contributed by atoms with van der Waals surface area (Å²) in [6.07, 6.45) is 2.01. The highest BCUT2D eigenvalue weighted by Crippen LogP contribution is 2.23. The summed E-state index contributed by atoms with van der Waals surface area (Å²) in [4.78, 5) is 3.67. The topological polar surface area (TPSA) is 62.3 Å². The molecule has 5 nitrogen and oxygen atoms in total. The SMILES string of the molecule is CNC1CCN(S(=O)(=O)c2ncccc2F)CC1C. The number of rotatable bonds is 3. The smallest absolute Gasteiger partial charge is 0.263 e. The molecule has 0 aliphatic carbocycles. The Morgan fingerprint density at radius 1 is 1.53 bits per heavy atom. The number of hydrogen-bond acceptors (Lipinski definition) is 4. The Bertz CT molecular complexity index is 550. The first-order valence-electron chi connectivity index (χ1n) is 6.24. The van der Waals surface area contributed by atoms with Gasteiger partial charge in [-0.1, -0.05) is 6.92 Å². The molecule has 2 rings (SSSR count). The zero-order valence-electron chi connectivity index (χ0n) is 11.0. The summed E-state index contributed by atoms with van der Waals surface area (Å²) in [6.45, 7) is 2.75. The molecule has 2 heterocycles. The van der Waals surface area contributed by atoms with E-state index in [4.69, 9.17) is 0 Å². The molecule has 0 amide bonds. The van der Waals surface area contributed by atoms with Crippen molar-refractivity contribution in [1.82, 2.24) is 14.6 Å². The van der Waals surface area contributed by atoms with Crippen molar-refractivity contribution < 1.29 is 12.8 Å². The number of pyridine rings is 1. The Morgan fingerprint density at radius 2 is 2.26 bits per heavy atom. The molecule has 1 aliphatic heterocycles. The minimum Gasteiger partial charge on any atom is -0.317 e. The molecule has 7 heteroatoms. The van der Waals surface area contributed by atoms with Crippen LogP contribution in [0.3, 0.4) is 0 Å². The van der Waals surface area contributed by atoms with Crippen molar-refractivity contribution in [1.29, 1.82) is 0 Å². The van der Waals surface area contributed by atoms with Crippen LogP contribution in [0, 0.1) is 11.7 Å². The van der Waals surface area contributed by atoms with Gasteiger partial charge in [0.15, 0.2) is 5.82 Å². The molecule has 1 N–H and O–H groups in total. The number of nitrogens with one attached hydrogen (secondary N) is 1. The summed E-state index contributed by atoms with van der Waals surface area (Å²) < 4.78 is 39.6. The van der Waals surface area contributed by atoms with Gasteiger partial charge in [-0.3, -0.25) is 0 Å². The van der Waals surface area contributed by atoms with Gasteiger partial charge in [-0.2, -0.15) is 4.31 Å². The predicted molar refractivity (Wildman–Crippen MR) is 69.6 cm³/mol. The summed E-state index contributed by atoms with van der Waals surface area (Å²) in [6, 6.07) is 2.79. The van der Waals surface area contributed by atoms with E-state index in [1.807, 2.05) is 14.0 Å². The molecule has 1 aliphatic rings. The Hall–Kier alpha value is -1.05. The first-order valence-corrected chi connectivity index (χ1v) is 7.68. The van der Waals surface area contributed by atoms with Crippen LogP contribution >= 0.6 is 0 Å². The maximum absolute atomic E-state index is 13.6. The van der Waals surface area contributed by atoms with Gasteiger partial charge in [-0.15, -0.1) is 0 Å². The number of piperidine rings is 1. The maximum Gasteiger partial charge on any atom is 0.263 e. The molecule has 1 aromatic heterocycles. The molecule has 19 heavy (non-hydrogen) atoms. The molecule has 0 aromatic carbocycles. The van der Waals surface area contributed by atoms with Crippen molar-refractivity contribution >= 4 is 10.0 Å². The lowest BCUT2D eigenvalue weighted by Crippen LogP contribution is -2.49. The van der Waals surface area contributed by atoms with Gasteiger partial charge < -0.3 is 5.32 Å². The fourth-order valence-corrected chi connectivity index (χ4v) is 3.97. The molecular weight excluding hydrogens is 269 g/mol. The Morgan fingerprint density at radius 3 is 2.84 bits per heavy atom. The van der Waals surface area contributed by atoms with E-state index >= 15 is 0 Å². The van der Waals surface area contributed by atoms with Gasteiger partial charge in [0.1, 0.15) is 0 Å². The van der Waals surface area contributed by atoms with Gasteiger partial charge in [0.05, 0.1) is 0 Å². The average Bonchev–Trinajstić information content (AvgIpc) is 2.39. The molecule has 1 aromatic rings. The van der Waals surface area contributed by atoms with Crippen molar-refractivity contribution in [2.45, 2.75) is 24.4 Å². The molecular formula is C12H18FN3O2S. The molecule has 0 saturated carbocycles. The van der Waals surface area contributed by atoms with Gasteiger partial charge in [-0.25, -0.2) is 17.8 Å². The van der Waals surface area contributed by atoms with Gasteiger partial charge in [0.2, 0.25) is 5.03 Å². The van der Waals surface area contributed by atoms with Gasteiger partial charge >= 0.3 is 0 Å². The fourth-order valence-electron chi connectivity index (χ4n) is 2.44. The highest BCUT2D eigenvalue weighted by atomic mass is 32.2. The third kappa shape index (κ3) is 2.77. The lowest BCUT2D eigenvalue weighted by atomic mass is 9.96. The second-order valence-corrected chi connectivity index (χ2v) is 6.67. The number of halogens is 1. The van der Waals surface area contributed by atoms with E-state index in [9.17, 15) is 12.8 Å². The van der Waals surface area contributed by atoms with Crippen LogP contribution < -0.4 is 5.32 Å². The lowest BCUT2D eigenvalue weighted by molar-refractivity contribution is 0.227. The largest absolute Gasteiger partial charge is 0.317 e. The van der Waals surface area contributed by atoms with Crippen LogP contribution in [0.4, 0.5) is 4.39 Å². The lowest BCUT2D eigenvalue weighted by Gasteiger charge is -2.35. The first-order chi connectivity index (χ1) is 8.96. The fraction of sp³-hybridized carbons (Fsp3) is 0.583. The Labute approximate surface area is 112 Å². The predicted octanol–water partition coefficient (Wildman–Crippen LogP) is 0.839. The maximum atomic E-state index is 13.6. The van der Waals surface area contributed by atoms with Gasteiger partial charge in [0, 0.05) is 25.3 Å². The second kappa shape index (κ2) is 5.52. The number of hydrogen-bond donors (Lipinski definition) is 1. The summed E-state index contributed by atoms with van der Waals surface area (Å²) in [5, 5.41) is 2.68.